The van der Waals surface area contributed by atoms with E-state index in [4.69, 9.17) is 15.6 Å². The Bertz CT molecular complexity index is 206. The van der Waals surface area contributed by atoms with Crippen molar-refractivity contribution < 1.29 is 19.4 Å². The number of aliphatic carboxylic acids is 1. The zero-order valence-electron chi connectivity index (χ0n) is 9.07. The molecule has 0 aliphatic rings. The van der Waals surface area contributed by atoms with Gasteiger partial charge >= 0.3 is 11.9 Å². The topological polar surface area (TPSA) is 89.6 Å². The summed E-state index contributed by atoms with van der Waals surface area (Å²) in [5, 5.41) is 8.38. The summed E-state index contributed by atoms with van der Waals surface area (Å²) in [5.74, 6) is -1.46. The molecule has 0 aliphatic heterocycles. The number of rotatable bonds is 8. The molecule has 0 aromatic heterocycles. The predicted molar refractivity (Wildman–Crippen MR) is 55.3 cm³/mol. The van der Waals surface area contributed by atoms with E-state index in [0.717, 1.165) is 19.3 Å². The molecule has 5 nitrogen and oxygen atoms in total. The van der Waals surface area contributed by atoms with Gasteiger partial charge < -0.3 is 15.6 Å². The molecule has 0 amide bonds. The van der Waals surface area contributed by atoms with Gasteiger partial charge in [-0.05, 0) is 12.8 Å². The Hall–Kier alpha value is -1.10. The van der Waals surface area contributed by atoms with Gasteiger partial charge in [0.25, 0.3) is 0 Å². The summed E-state index contributed by atoms with van der Waals surface area (Å²) >= 11 is 0. The van der Waals surface area contributed by atoms with E-state index in [9.17, 15) is 9.59 Å². The van der Waals surface area contributed by atoms with Crippen molar-refractivity contribution in [1.29, 1.82) is 0 Å². The molecule has 0 aliphatic carbocycles. The van der Waals surface area contributed by atoms with E-state index in [1.165, 1.54) is 0 Å². The maximum absolute atomic E-state index is 11.2. The van der Waals surface area contributed by atoms with Crippen molar-refractivity contribution in [3.8, 4) is 0 Å². The fourth-order valence-electron chi connectivity index (χ4n) is 1.03. The molecule has 0 fully saturated rings. The van der Waals surface area contributed by atoms with E-state index in [-0.39, 0.29) is 12.8 Å². The highest BCUT2D eigenvalue weighted by molar-refractivity contribution is 5.76. The van der Waals surface area contributed by atoms with Gasteiger partial charge in [0.2, 0.25) is 0 Å². The molecule has 15 heavy (non-hydrogen) atoms. The lowest BCUT2D eigenvalue weighted by Gasteiger charge is -2.09. The highest BCUT2D eigenvalue weighted by atomic mass is 16.5. The van der Waals surface area contributed by atoms with Gasteiger partial charge in [0.15, 0.2) is 0 Å². The maximum atomic E-state index is 11.2. The van der Waals surface area contributed by atoms with Gasteiger partial charge in [0, 0.05) is 6.42 Å². The quantitative estimate of drug-likeness (QED) is 0.466. The first kappa shape index (κ1) is 13.9. The van der Waals surface area contributed by atoms with E-state index in [1.54, 1.807) is 0 Å². The number of carbonyl (C=O) groups excluding carboxylic acids is 1. The summed E-state index contributed by atoms with van der Waals surface area (Å²) in [6.07, 6.45) is 2.92. The molecule has 0 bridgehead atoms. The molecule has 0 aromatic carbocycles. The van der Waals surface area contributed by atoms with Crippen LogP contribution in [0.15, 0.2) is 0 Å². The fraction of sp³-hybridized carbons (Fsp3) is 0.800. The van der Waals surface area contributed by atoms with Crippen LogP contribution in [-0.2, 0) is 14.3 Å². The molecule has 88 valence electrons. The largest absolute Gasteiger partial charge is 0.481 e. The van der Waals surface area contributed by atoms with E-state index in [1.807, 2.05) is 0 Å². The minimum atomic E-state index is -0.954. The highest BCUT2D eigenvalue weighted by Gasteiger charge is 2.15. The van der Waals surface area contributed by atoms with Crippen LogP contribution < -0.4 is 5.73 Å². The van der Waals surface area contributed by atoms with Crippen LogP contribution in [0.2, 0.25) is 0 Å². The van der Waals surface area contributed by atoms with Crippen LogP contribution in [-0.4, -0.2) is 29.7 Å². The molecule has 0 spiro atoms. The number of carboxylic acid groups (broad SMARTS) is 1. The molecule has 0 aromatic rings. The molecule has 0 rings (SSSR count). The molecule has 0 saturated heterocycles. The van der Waals surface area contributed by atoms with E-state index in [0.29, 0.717) is 6.61 Å². The van der Waals surface area contributed by atoms with Crippen LogP contribution in [0.1, 0.15) is 39.0 Å². The zero-order chi connectivity index (χ0) is 11.7. The Morgan fingerprint density at radius 1 is 1.40 bits per heavy atom. The molecule has 0 radical (unpaired) electrons. The van der Waals surface area contributed by atoms with Crippen LogP contribution in [0.4, 0.5) is 0 Å². The van der Waals surface area contributed by atoms with Gasteiger partial charge in [-0.2, -0.15) is 0 Å². The molecule has 0 heterocycles. The van der Waals surface area contributed by atoms with Crippen LogP contribution in [0.5, 0.6) is 0 Å². The molecule has 0 unspecified atom stereocenters. The summed E-state index contributed by atoms with van der Waals surface area (Å²) in [5.41, 5.74) is 5.44. The number of hydrogen-bond acceptors (Lipinski definition) is 4. The second kappa shape index (κ2) is 8.23. The zero-order valence-corrected chi connectivity index (χ0v) is 9.07. The summed E-state index contributed by atoms with van der Waals surface area (Å²) in [7, 11) is 0. The number of ether oxygens (including phenoxy) is 1. The maximum Gasteiger partial charge on any atom is 0.322 e. The first-order valence-corrected chi connectivity index (χ1v) is 5.22. The normalized spacial score (nSPS) is 12.1. The average molecular weight is 217 g/mol. The van der Waals surface area contributed by atoms with Crippen molar-refractivity contribution >= 4 is 11.9 Å². The molecular weight excluding hydrogens is 198 g/mol. The second-order valence-electron chi connectivity index (χ2n) is 3.41. The number of carboxylic acids is 1. The first-order valence-electron chi connectivity index (χ1n) is 5.22. The minimum Gasteiger partial charge on any atom is -0.481 e. The molecular formula is C10H19NO4. The van der Waals surface area contributed by atoms with Gasteiger partial charge in [-0.3, -0.25) is 9.59 Å². The fourth-order valence-corrected chi connectivity index (χ4v) is 1.03. The Labute approximate surface area is 89.6 Å². The molecule has 3 N–H and O–H groups in total. The van der Waals surface area contributed by atoms with Crippen LogP contribution >= 0.6 is 0 Å². The van der Waals surface area contributed by atoms with Gasteiger partial charge in [-0.25, -0.2) is 0 Å². The third-order valence-corrected chi connectivity index (χ3v) is 1.96. The van der Waals surface area contributed by atoms with Crippen molar-refractivity contribution in [3.63, 3.8) is 0 Å². The van der Waals surface area contributed by atoms with E-state index >= 15 is 0 Å². The second-order valence-corrected chi connectivity index (χ2v) is 3.41. The van der Waals surface area contributed by atoms with Crippen molar-refractivity contribution in [2.75, 3.05) is 6.61 Å². The van der Waals surface area contributed by atoms with Crippen LogP contribution in [0.3, 0.4) is 0 Å². The van der Waals surface area contributed by atoms with Gasteiger partial charge in [0.1, 0.15) is 6.04 Å². The highest BCUT2D eigenvalue weighted by Crippen LogP contribution is 1.99. The van der Waals surface area contributed by atoms with Gasteiger partial charge in [0.05, 0.1) is 6.61 Å². The Kier molecular flexibility index (Phi) is 7.62. The summed E-state index contributed by atoms with van der Waals surface area (Å²) < 4.78 is 4.88. The standard InChI is InChI=1S/C10H19NO4/c1-2-3-4-7-15-10(14)8(11)5-6-9(12)13/h8H,2-7,11H2,1H3,(H,12,13)/t8-/m0/s1. The number of unbranched alkanes of at least 4 members (excludes halogenated alkanes) is 2. The molecule has 0 saturated carbocycles. The summed E-state index contributed by atoms with van der Waals surface area (Å²) in [6.45, 7) is 2.42. The van der Waals surface area contributed by atoms with Crippen molar-refractivity contribution in [1.82, 2.24) is 0 Å². The summed E-state index contributed by atoms with van der Waals surface area (Å²) in [4.78, 5) is 21.4. The third kappa shape index (κ3) is 7.93. The number of nitrogens with two attached hydrogens (primary N) is 1. The van der Waals surface area contributed by atoms with E-state index in [2.05, 4.69) is 6.92 Å². The Morgan fingerprint density at radius 3 is 2.60 bits per heavy atom. The van der Waals surface area contributed by atoms with Gasteiger partial charge in [-0.15, -0.1) is 0 Å². The monoisotopic (exact) mass is 217 g/mol. The minimum absolute atomic E-state index is 0.106. The van der Waals surface area contributed by atoms with Crippen molar-refractivity contribution in [2.45, 2.75) is 45.1 Å². The lowest BCUT2D eigenvalue weighted by atomic mass is 10.2. The van der Waals surface area contributed by atoms with Crippen LogP contribution in [0.25, 0.3) is 0 Å². The predicted octanol–water partition coefficient (Wildman–Crippen LogP) is 0.912. The lowest BCUT2D eigenvalue weighted by molar-refractivity contribution is -0.145. The summed E-state index contributed by atoms with van der Waals surface area (Å²) in [6, 6.07) is -0.817. The first-order chi connectivity index (χ1) is 7.07. The van der Waals surface area contributed by atoms with E-state index < -0.39 is 18.0 Å². The Morgan fingerprint density at radius 2 is 2.07 bits per heavy atom. The number of hydrogen-bond donors (Lipinski definition) is 2. The third-order valence-electron chi connectivity index (χ3n) is 1.96. The molecule has 1 atom stereocenters. The van der Waals surface area contributed by atoms with Crippen molar-refractivity contribution in [3.05, 3.63) is 0 Å². The number of esters is 1. The number of carbonyl (C=O) groups is 2. The molecule has 5 heteroatoms. The average Bonchev–Trinajstić information content (AvgIpc) is 2.20. The van der Waals surface area contributed by atoms with Crippen LogP contribution in [0, 0.1) is 0 Å². The SMILES string of the molecule is CCCCCOC(=O)[C@@H](N)CCC(=O)O. The Balaban J connectivity index is 3.55. The lowest BCUT2D eigenvalue weighted by Crippen LogP contribution is -2.33. The smallest absolute Gasteiger partial charge is 0.322 e. The van der Waals surface area contributed by atoms with Crippen molar-refractivity contribution in [2.24, 2.45) is 5.73 Å². The van der Waals surface area contributed by atoms with Gasteiger partial charge in [-0.1, -0.05) is 19.8 Å².